The Morgan fingerprint density at radius 3 is 2.31 bits per heavy atom. The van der Waals surface area contributed by atoms with Gasteiger partial charge in [0.2, 0.25) is 0 Å². The Labute approximate surface area is 296 Å². The van der Waals surface area contributed by atoms with Crippen LogP contribution in [0, 0.1) is 5.92 Å². The highest BCUT2D eigenvalue weighted by Crippen LogP contribution is 2.47. The van der Waals surface area contributed by atoms with Crippen molar-refractivity contribution in [2.75, 3.05) is 14.2 Å². The molecule has 0 aliphatic heterocycles. The highest BCUT2D eigenvalue weighted by molar-refractivity contribution is 7.13. The summed E-state index contributed by atoms with van der Waals surface area (Å²) in [4.78, 5) is 13.9. The summed E-state index contributed by atoms with van der Waals surface area (Å²) in [7, 11) is 2.42. The molecule has 0 bridgehead atoms. The van der Waals surface area contributed by atoms with Gasteiger partial charge < -0.3 is 18.6 Å². The van der Waals surface area contributed by atoms with E-state index in [0.717, 1.165) is 56.3 Å². The number of methoxy groups -OCH3 is 2. The largest absolute Gasteiger partial charge is 0.497 e. The van der Waals surface area contributed by atoms with Gasteiger partial charge in [0.05, 0.1) is 32.5 Å². The van der Waals surface area contributed by atoms with Gasteiger partial charge in [-0.2, -0.15) is 0 Å². The highest BCUT2D eigenvalue weighted by Gasteiger charge is 2.36. The average molecular weight is 691 g/mol. The fourth-order valence-electron chi connectivity index (χ4n) is 6.62. The lowest BCUT2D eigenvalue weighted by Gasteiger charge is -2.33. The molecule has 0 amide bonds. The zero-order chi connectivity index (χ0) is 34.7. The minimum absolute atomic E-state index is 0.0544. The number of aryl methyl sites for hydroxylation is 1. The lowest BCUT2D eigenvalue weighted by molar-refractivity contribution is 0.0322. The normalized spacial score (nSPS) is 16.2. The number of esters is 1. The molecule has 7 heteroatoms. The quantitative estimate of drug-likeness (QED) is 0.0755. The van der Waals surface area contributed by atoms with Crippen molar-refractivity contribution in [2.45, 2.75) is 123 Å². The molecule has 262 valence electrons. The van der Waals surface area contributed by atoms with E-state index in [1.54, 1.807) is 18.4 Å². The van der Waals surface area contributed by atoms with Crippen LogP contribution in [0.1, 0.15) is 130 Å². The van der Waals surface area contributed by atoms with Crippen molar-refractivity contribution < 1.29 is 23.4 Å². The molecule has 0 radical (unpaired) electrons. The monoisotopic (exact) mass is 690 g/mol. The van der Waals surface area contributed by atoms with Crippen LogP contribution in [-0.2, 0) is 26.9 Å². The third kappa shape index (κ3) is 10.9. The van der Waals surface area contributed by atoms with E-state index >= 15 is 0 Å². The van der Waals surface area contributed by atoms with Crippen LogP contribution in [0.5, 0.6) is 5.75 Å². The Morgan fingerprint density at radius 2 is 1.67 bits per heavy atom. The van der Waals surface area contributed by atoms with Crippen molar-refractivity contribution in [1.82, 2.24) is 0 Å². The topological polar surface area (TPSA) is 54.0 Å². The molecule has 5 nitrogen and oxygen atoms in total. The van der Waals surface area contributed by atoms with Crippen molar-refractivity contribution >= 4 is 32.6 Å². The first kappa shape index (κ1) is 38.1. The molecule has 2 atom stereocenters. The second-order valence-electron chi connectivity index (χ2n) is 14.9. The number of allylic oxidation sites excluding steroid dienone is 1. The lowest BCUT2D eigenvalue weighted by Crippen LogP contribution is -2.32. The third-order valence-corrected chi connectivity index (χ3v) is 12.2. The zero-order valence-corrected chi connectivity index (χ0v) is 32.9. The smallest absolute Gasteiger partial charge is 0.348 e. The summed E-state index contributed by atoms with van der Waals surface area (Å²) in [5.74, 6) is 1.10. The summed E-state index contributed by atoms with van der Waals surface area (Å²) in [5, 5.41) is 0.236. The van der Waals surface area contributed by atoms with Crippen LogP contribution < -0.4 is 4.74 Å². The molecule has 0 N–H and O–H groups in total. The molecule has 0 saturated carbocycles. The summed E-state index contributed by atoms with van der Waals surface area (Å²) < 4.78 is 23.6. The van der Waals surface area contributed by atoms with Crippen LogP contribution in [0.2, 0.25) is 5.04 Å². The Hall–Kier alpha value is -2.71. The van der Waals surface area contributed by atoms with Crippen LogP contribution >= 0.6 is 11.3 Å². The summed E-state index contributed by atoms with van der Waals surface area (Å²) >= 11 is 1.55. The second kappa shape index (κ2) is 17.8. The van der Waals surface area contributed by atoms with Gasteiger partial charge in [-0.15, -0.1) is 11.3 Å². The maximum atomic E-state index is 12.0. The number of carbonyl (C=O) groups is 1. The van der Waals surface area contributed by atoms with E-state index in [9.17, 15) is 4.79 Å². The van der Waals surface area contributed by atoms with E-state index in [4.69, 9.17) is 18.6 Å². The van der Waals surface area contributed by atoms with Gasteiger partial charge in [-0.1, -0.05) is 83.4 Å². The number of thiophene rings is 1. The molecule has 1 heterocycles. The fraction of sp³-hybridized carbons (Fsp3) is 0.537. The predicted molar refractivity (Wildman–Crippen MR) is 203 cm³/mol. The molecule has 1 aliphatic rings. The number of ether oxygens (including phenoxy) is 3. The molecule has 0 saturated heterocycles. The molecule has 0 fully saturated rings. The molecule has 2 aromatic carbocycles. The van der Waals surface area contributed by atoms with Gasteiger partial charge in [-0.25, -0.2) is 4.79 Å². The molecule has 48 heavy (non-hydrogen) atoms. The van der Waals surface area contributed by atoms with E-state index in [-0.39, 0.29) is 22.7 Å². The summed E-state index contributed by atoms with van der Waals surface area (Å²) in [6, 6.07) is 21.4. The van der Waals surface area contributed by atoms with Crippen LogP contribution in [0.3, 0.4) is 0 Å². The van der Waals surface area contributed by atoms with Crippen LogP contribution in [-0.4, -0.2) is 35.6 Å². The molecule has 3 aromatic rings. The first-order valence-corrected chi connectivity index (χ1v) is 19.9. The number of carbonyl (C=O) groups excluding carboxylic acids is 1. The summed E-state index contributed by atoms with van der Waals surface area (Å²) in [6.07, 6.45) is 10.0. The Kier molecular flexibility index (Phi) is 14.1. The molecule has 0 spiro atoms. The maximum Gasteiger partial charge on any atom is 0.348 e. The molecule has 1 unspecified atom stereocenters. The first-order chi connectivity index (χ1) is 22.9. The minimum atomic E-state index is -0.719. The van der Waals surface area contributed by atoms with Gasteiger partial charge in [0.25, 0.3) is 0 Å². The molecular weight excluding hydrogens is 633 g/mol. The summed E-state index contributed by atoms with van der Waals surface area (Å²) in [5.41, 5.74) is 6.39. The Morgan fingerprint density at radius 1 is 0.938 bits per heavy atom. The SMILES string of the molecule is CCCCCC(OCc1ccc(OC)cc1)c1ccc(C2=C(C(C)(C)O[SiH2]C(C)(C)C)CC[C@@H]2CCCc2ccc(C(=O)OC)s2)cc1. The molecule has 1 aromatic heterocycles. The van der Waals surface area contributed by atoms with Crippen LogP contribution in [0.15, 0.2) is 66.2 Å². The Balaban J connectivity index is 1.55. The number of rotatable bonds is 18. The van der Waals surface area contributed by atoms with Gasteiger partial charge in [-0.3, -0.25) is 0 Å². The predicted octanol–water partition coefficient (Wildman–Crippen LogP) is 10.7. The highest BCUT2D eigenvalue weighted by atomic mass is 32.1. The van der Waals surface area contributed by atoms with Crippen molar-refractivity contribution in [1.29, 1.82) is 0 Å². The number of hydrogen-bond acceptors (Lipinski definition) is 6. The molecule has 1 aliphatic carbocycles. The number of benzene rings is 2. The molecular formula is C41H58O5SSi. The van der Waals surface area contributed by atoms with Gasteiger partial charge in [0, 0.05) is 4.88 Å². The zero-order valence-electron chi connectivity index (χ0n) is 30.7. The van der Waals surface area contributed by atoms with E-state index in [1.165, 1.54) is 47.1 Å². The van der Waals surface area contributed by atoms with Gasteiger partial charge in [-0.05, 0) is 115 Å². The number of hydrogen-bond donors (Lipinski definition) is 0. The van der Waals surface area contributed by atoms with Gasteiger partial charge >= 0.3 is 5.97 Å². The minimum Gasteiger partial charge on any atom is -0.497 e. The average Bonchev–Trinajstić information content (AvgIpc) is 3.73. The first-order valence-electron chi connectivity index (χ1n) is 17.8. The van der Waals surface area contributed by atoms with E-state index < -0.39 is 9.76 Å². The lowest BCUT2D eigenvalue weighted by atomic mass is 9.85. The van der Waals surface area contributed by atoms with Crippen molar-refractivity contribution in [3.63, 3.8) is 0 Å². The number of unbranched alkanes of at least 4 members (excludes halogenated alkanes) is 2. The summed E-state index contributed by atoms with van der Waals surface area (Å²) in [6.45, 7) is 14.3. The van der Waals surface area contributed by atoms with Crippen LogP contribution in [0.25, 0.3) is 5.57 Å². The van der Waals surface area contributed by atoms with E-state index in [2.05, 4.69) is 84.0 Å². The van der Waals surface area contributed by atoms with Gasteiger partial charge in [0.1, 0.15) is 10.6 Å². The van der Waals surface area contributed by atoms with Crippen molar-refractivity contribution in [2.24, 2.45) is 5.92 Å². The fourth-order valence-corrected chi connectivity index (χ4v) is 8.55. The second-order valence-corrected chi connectivity index (χ2v) is 18.8. The van der Waals surface area contributed by atoms with E-state index in [1.807, 2.05) is 18.2 Å². The third-order valence-electron chi connectivity index (χ3n) is 9.37. The van der Waals surface area contributed by atoms with Crippen LogP contribution in [0.4, 0.5) is 0 Å². The Bertz CT molecular complexity index is 1470. The standard InChI is InChI=1S/C41H58O5SSi/c1-9-10-11-15-36(45-28-29-16-23-33(43-7)24-17-29)30-18-20-32(21-19-30)38-31(13-12-14-34-25-27-37(47-34)39(42)44-8)22-26-35(38)41(5,6)46-48-40(2,3)4/h16-21,23-25,27,31,36H,9-15,22,26,28,48H2,1-8H3/t31-,36?/m0/s1. The maximum absolute atomic E-state index is 12.0. The molecule has 4 rings (SSSR count). The van der Waals surface area contributed by atoms with Crippen molar-refractivity contribution in [3.8, 4) is 5.75 Å². The van der Waals surface area contributed by atoms with E-state index in [0.29, 0.717) is 17.4 Å². The van der Waals surface area contributed by atoms with Crippen molar-refractivity contribution in [3.05, 3.63) is 92.7 Å². The van der Waals surface area contributed by atoms with Gasteiger partial charge in [0.15, 0.2) is 9.76 Å².